The van der Waals surface area contributed by atoms with E-state index in [1.807, 2.05) is 12.1 Å². The predicted octanol–water partition coefficient (Wildman–Crippen LogP) is 2.64. The SMILES string of the molecule is CNOCc1cccc(Cl)c1Cl. The molecular formula is C8H9Cl2NO. The van der Waals surface area contributed by atoms with E-state index < -0.39 is 0 Å². The van der Waals surface area contributed by atoms with Crippen molar-refractivity contribution in [1.29, 1.82) is 0 Å². The Kier molecular flexibility index (Phi) is 3.82. The molecular weight excluding hydrogens is 197 g/mol. The molecule has 0 bridgehead atoms. The number of benzene rings is 1. The van der Waals surface area contributed by atoms with Gasteiger partial charge in [0.25, 0.3) is 0 Å². The Morgan fingerprint density at radius 3 is 2.83 bits per heavy atom. The highest BCUT2D eigenvalue weighted by Crippen LogP contribution is 2.25. The first-order valence-corrected chi connectivity index (χ1v) is 4.22. The summed E-state index contributed by atoms with van der Waals surface area (Å²) in [7, 11) is 1.69. The normalized spacial score (nSPS) is 10.2. The number of hydrogen-bond acceptors (Lipinski definition) is 2. The number of nitrogens with one attached hydrogen (secondary N) is 1. The predicted molar refractivity (Wildman–Crippen MR) is 50.3 cm³/mol. The zero-order valence-corrected chi connectivity index (χ0v) is 8.12. The van der Waals surface area contributed by atoms with Gasteiger partial charge in [-0.1, -0.05) is 35.3 Å². The van der Waals surface area contributed by atoms with Crippen LogP contribution in [0.4, 0.5) is 0 Å². The van der Waals surface area contributed by atoms with Crippen molar-refractivity contribution in [3.63, 3.8) is 0 Å². The quantitative estimate of drug-likeness (QED) is 0.767. The molecule has 0 radical (unpaired) electrons. The smallest absolute Gasteiger partial charge is 0.0947 e. The Morgan fingerprint density at radius 2 is 2.17 bits per heavy atom. The van der Waals surface area contributed by atoms with E-state index in [-0.39, 0.29) is 0 Å². The van der Waals surface area contributed by atoms with Gasteiger partial charge in [0, 0.05) is 7.05 Å². The van der Waals surface area contributed by atoms with Crippen molar-refractivity contribution in [1.82, 2.24) is 5.48 Å². The lowest BCUT2D eigenvalue weighted by atomic mass is 10.2. The van der Waals surface area contributed by atoms with Crippen LogP contribution in [0.3, 0.4) is 0 Å². The van der Waals surface area contributed by atoms with Crippen molar-refractivity contribution in [3.05, 3.63) is 33.8 Å². The van der Waals surface area contributed by atoms with Crippen LogP contribution < -0.4 is 5.48 Å². The van der Waals surface area contributed by atoms with Gasteiger partial charge in [0.1, 0.15) is 0 Å². The molecule has 0 fully saturated rings. The molecule has 0 aliphatic carbocycles. The van der Waals surface area contributed by atoms with Crippen LogP contribution in [0.1, 0.15) is 5.56 Å². The second-order valence-electron chi connectivity index (χ2n) is 2.21. The monoisotopic (exact) mass is 205 g/mol. The van der Waals surface area contributed by atoms with E-state index in [4.69, 9.17) is 28.0 Å². The van der Waals surface area contributed by atoms with Crippen molar-refractivity contribution in [2.75, 3.05) is 7.05 Å². The molecule has 1 aromatic carbocycles. The van der Waals surface area contributed by atoms with Gasteiger partial charge in [-0.2, -0.15) is 0 Å². The van der Waals surface area contributed by atoms with Gasteiger partial charge >= 0.3 is 0 Å². The third-order valence-corrected chi connectivity index (χ3v) is 2.26. The Balaban J connectivity index is 2.78. The zero-order valence-electron chi connectivity index (χ0n) is 6.60. The summed E-state index contributed by atoms with van der Waals surface area (Å²) in [5.41, 5.74) is 3.43. The minimum absolute atomic E-state index is 0.413. The molecule has 0 aliphatic heterocycles. The molecule has 0 aromatic heterocycles. The van der Waals surface area contributed by atoms with Crippen molar-refractivity contribution < 1.29 is 4.84 Å². The van der Waals surface area contributed by atoms with Crippen LogP contribution in [0.5, 0.6) is 0 Å². The van der Waals surface area contributed by atoms with Crippen molar-refractivity contribution >= 4 is 23.2 Å². The summed E-state index contributed by atoms with van der Waals surface area (Å²) in [6.07, 6.45) is 0. The summed E-state index contributed by atoms with van der Waals surface area (Å²) < 4.78 is 0. The molecule has 1 N–H and O–H groups in total. The molecule has 0 aliphatic rings. The second kappa shape index (κ2) is 4.67. The summed E-state index contributed by atoms with van der Waals surface area (Å²) in [5, 5.41) is 1.10. The molecule has 0 spiro atoms. The van der Waals surface area contributed by atoms with E-state index in [2.05, 4.69) is 5.48 Å². The molecule has 2 nitrogen and oxygen atoms in total. The first-order valence-electron chi connectivity index (χ1n) is 3.47. The third kappa shape index (κ3) is 2.35. The van der Waals surface area contributed by atoms with Crippen LogP contribution in [-0.2, 0) is 11.4 Å². The lowest BCUT2D eigenvalue weighted by Crippen LogP contribution is -2.06. The standard InChI is InChI=1S/C8H9Cl2NO/c1-11-12-5-6-3-2-4-7(9)8(6)10/h2-4,11H,5H2,1H3. The summed E-state index contributed by atoms with van der Waals surface area (Å²) in [5.74, 6) is 0. The summed E-state index contributed by atoms with van der Waals surface area (Å²) in [6, 6.07) is 5.45. The molecule has 0 saturated heterocycles. The van der Waals surface area contributed by atoms with Gasteiger partial charge in [0.2, 0.25) is 0 Å². The molecule has 1 rings (SSSR count). The topological polar surface area (TPSA) is 21.3 Å². The van der Waals surface area contributed by atoms with Gasteiger partial charge in [0.15, 0.2) is 0 Å². The molecule has 66 valence electrons. The maximum Gasteiger partial charge on any atom is 0.0947 e. The fourth-order valence-electron chi connectivity index (χ4n) is 0.810. The fraction of sp³-hybridized carbons (Fsp3) is 0.250. The Hall–Kier alpha value is -0.280. The minimum Gasteiger partial charge on any atom is -0.297 e. The molecule has 0 unspecified atom stereocenters. The summed E-state index contributed by atoms with van der Waals surface area (Å²) in [6.45, 7) is 0.413. The van der Waals surface area contributed by atoms with Crippen molar-refractivity contribution in [2.24, 2.45) is 0 Å². The van der Waals surface area contributed by atoms with E-state index in [1.165, 1.54) is 0 Å². The van der Waals surface area contributed by atoms with Crippen LogP contribution in [-0.4, -0.2) is 7.05 Å². The average Bonchev–Trinajstić information content (AvgIpc) is 2.08. The van der Waals surface area contributed by atoms with Crippen LogP contribution in [0, 0.1) is 0 Å². The van der Waals surface area contributed by atoms with Gasteiger partial charge in [-0.3, -0.25) is 4.84 Å². The number of rotatable bonds is 3. The molecule has 0 amide bonds. The highest BCUT2D eigenvalue weighted by Gasteiger charge is 2.02. The van der Waals surface area contributed by atoms with Crippen molar-refractivity contribution in [2.45, 2.75) is 6.61 Å². The first kappa shape index (κ1) is 9.81. The Morgan fingerprint density at radius 1 is 1.42 bits per heavy atom. The van der Waals surface area contributed by atoms with Gasteiger partial charge in [-0.05, 0) is 11.6 Å². The lowest BCUT2D eigenvalue weighted by molar-refractivity contribution is 0.0445. The first-order chi connectivity index (χ1) is 5.75. The van der Waals surface area contributed by atoms with Gasteiger partial charge in [-0.15, -0.1) is 0 Å². The van der Waals surface area contributed by atoms with Gasteiger partial charge < -0.3 is 0 Å². The summed E-state index contributed by atoms with van der Waals surface area (Å²) in [4.78, 5) is 4.96. The fourth-order valence-corrected chi connectivity index (χ4v) is 1.18. The van der Waals surface area contributed by atoms with Crippen molar-refractivity contribution in [3.8, 4) is 0 Å². The number of hydrogen-bond donors (Lipinski definition) is 1. The molecule has 4 heteroatoms. The molecule has 0 heterocycles. The van der Waals surface area contributed by atoms with E-state index >= 15 is 0 Å². The van der Waals surface area contributed by atoms with E-state index in [0.717, 1.165) is 5.56 Å². The van der Waals surface area contributed by atoms with Crippen LogP contribution >= 0.6 is 23.2 Å². The Bertz CT molecular complexity index is 265. The van der Waals surface area contributed by atoms with Gasteiger partial charge in [0.05, 0.1) is 16.7 Å². The van der Waals surface area contributed by atoms with E-state index in [1.54, 1.807) is 13.1 Å². The largest absolute Gasteiger partial charge is 0.297 e. The van der Waals surface area contributed by atoms with Crippen LogP contribution in [0.25, 0.3) is 0 Å². The highest BCUT2D eigenvalue weighted by atomic mass is 35.5. The Labute approximate surface area is 81.4 Å². The molecule has 12 heavy (non-hydrogen) atoms. The molecule has 0 atom stereocenters. The second-order valence-corrected chi connectivity index (χ2v) is 2.99. The summed E-state index contributed by atoms with van der Waals surface area (Å²) >= 11 is 11.7. The average molecular weight is 206 g/mol. The van der Waals surface area contributed by atoms with Crippen LogP contribution in [0.15, 0.2) is 18.2 Å². The number of hydroxylamine groups is 1. The van der Waals surface area contributed by atoms with Gasteiger partial charge in [-0.25, -0.2) is 5.48 Å². The lowest BCUT2D eigenvalue weighted by Gasteiger charge is -2.04. The maximum atomic E-state index is 5.89. The number of halogens is 2. The minimum atomic E-state index is 0.413. The van der Waals surface area contributed by atoms with E-state index in [0.29, 0.717) is 16.7 Å². The highest BCUT2D eigenvalue weighted by molar-refractivity contribution is 6.42. The third-order valence-electron chi connectivity index (χ3n) is 1.40. The molecule has 0 saturated carbocycles. The van der Waals surface area contributed by atoms with Crippen LogP contribution in [0.2, 0.25) is 10.0 Å². The zero-order chi connectivity index (χ0) is 8.97. The maximum absolute atomic E-state index is 5.89. The van der Waals surface area contributed by atoms with E-state index in [9.17, 15) is 0 Å². The molecule has 1 aromatic rings.